The van der Waals surface area contributed by atoms with Crippen LogP contribution < -0.4 is 5.73 Å². The number of nitrogens with zero attached hydrogens (tertiary/aromatic N) is 1. The van der Waals surface area contributed by atoms with Crippen molar-refractivity contribution in [2.24, 2.45) is 0 Å². The molecule has 0 unspecified atom stereocenters. The monoisotopic (exact) mass is 230 g/mol. The molecule has 0 spiro atoms. The summed E-state index contributed by atoms with van der Waals surface area (Å²) in [5.74, 6) is 0. The predicted octanol–water partition coefficient (Wildman–Crippen LogP) is 2.70. The largest absolute Gasteiger partial charge is 0.419 e. The molecule has 1 aromatic rings. The van der Waals surface area contributed by atoms with Gasteiger partial charge < -0.3 is 5.73 Å². The van der Waals surface area contributed by atoms with Gasteiger partial charge in [0, 0.05) is 6.20 Å². The van der Waals surface area contributed by atoms with Crippen LogP contribution in [0.1, 0.15) is 11.1 Å². The molecule has 15 heavy (non-hydrogen) atoms. The number of anilines is 1. The van der Waals surface area contributed by atoms with Gasteiger partial charge in [-0.1, -0.05) is 0 Å². The minimum Gasteiger partial charge on any atom is -0.397 e. The van der Waals surface area contributed by atoms with E-state index in [0.29, 0.717) is 6.20 Å². The normalized spacial score (nSPS) is 12.9. The summed E-state index contributed by atoms with van der Waals surface area (Å²) < 4.78 is 73.2. The average Bonchev–Trinajstić information content (AvgIpc) is 1.99. The van der Waals surface area contributed by atoms with E-state index in [-0.39, 0.29) is 6.20 Å². The lowest BCUT2D eigenvalue weighted by molar-refractivity contribution is -0.161. The van der Waals surface area contributed by atoms with Gasteiger partial charge in [0.25, 0.3) is 0 Å². The summed E-state index contributed by atoms with van der Waals surface area (Å²) in [7, 11) is 0. The highest BCUT2D eigenvalue weighted by atomic mass is 19.4. The Labute approximate surface area is 79.7 Å². The second-order valence-corrected chi connectivity index (χ2v) is 2.65. The van der Waals surface area contributed by atoms with Crippen molar-refractivity contribution in [3.05, 3.63) is 23.5 Å². The molecular weight excluding hydrogens is 226 g/mol. The molecule has 0 radical (unpaired) electrons. The maximum absolute atomic E-state index is 12.2. The van der Waals surface area contributed by atoms with Crippen LogP contribution in [0.4, 0.5) is 32.0 Å². The maximum Gasteiger partial charge on any atom is 0.419 e. The SMILES string of the molecule is Nc1cncc(C(F)(F)F)c1C(F)(F)F. The number of rotatable bonds is 0. The molecule has 1 aromatic heterocycles. The van der Waals surface area contributed by atoms with Crippen LogP contribution >= 0.6 is 0 Å². The summed E-state index contributed by atoms with van der Waals surface area (Å²) in [6.07, 6.45) is -9.66. The van der Waals surface area contributed by atoms with Crippen LogP contribution in [0.25, 0.3) is 0 Å². The van der Waals surface area contributed by atoms with Crippen molar-refractivity contribution in [3.8, 4) is 0 Å². The van der Waals surface area contributed by atoms with Gasteiger partial charge in [0.1, 0.15) is 0 Å². The minimum atomic E-state index is -5.15. The third-order valence-corrected chi connectivity index (χ3v) is 1.56. The first-order valence-corrected chi connectivity index (χ1v) is 3.52. The quantitative estimate of drug-likeness (QED) is 0.696. The first-order chi connectivity index (χ1) is 6.64. The van der Waals surface area contributed by atoms with E-state index in [0.717, 1.165) is 0 Å². The van der Waals surface area contributed by atoms with Gasteiger partial charge in [-0.25, -0.2) is 0 Å². The van der Waals surface area contributed by atoms with Crippen LogP contribution in [-0.2, 0) is 12.4 Å². The van der Waals surface area contributed by atoms with Crippen molar-refractivity contribution < 1.29 is 26.3 Å². The number of hydrogen-bond donors (Lipinski definition) is 1. The number of alkyl halides is 6. The van der Waals surface area contributed by atoms with Gasteiger partial charge in [-0.05, 0) is 0 Å². The van der Waals surface area contributed by atoms with Gasteiger partial charge in [0.15, 0.2) is 0 Å². The van der Waals surface area contributed by atoms with E-state index in [4.69, 9.17) is 5.73 Å². The van der Waals surface area contributed by atoms with Crippen molar-refractivity contribution in [3.63, 3.8) is 0 Å². The molecule has 0 fully saturated rings. The van der Waals surface area contributed by atoms with Gasteiger partial charge in [0.05, 0.1) is 23.0 Å². The number of aromatic nitrogens is 1. The number of nitrogen functional groups attached to an aromatic ring is 1. The fourth-order valence-corrected chi connectivity index (χ4v) is 1.01. The van der Waals surface area contributed by atoms with Crippen LogP contribution in [0, 0.1) is 0 Å². The second kappa shape index (κ2) is 3.28. The highest BCUT2D eigenvalue weighted by Crippen LogP contribution is 2.42. The Morgan fingerprint density at radius 2 is 1.47 bits per heavy atom. The molecule has 1 rings (SSSR count). The lowest BCUT2D eigenvalue weighted by Gasteiger charge is -2.16. The second-order valence-electron chi connectivity index (χ2n) is 2.65. The van der Waals surface area contributed by atoms with Crippen LogP contribution in [0.5, 0.6) is 0 Å². The molecule has 1 heterocycles. The Hall–Kier alpha value is -1.47. The van der Waals surface area contributed by atoms with Gasteiger partial charge in [0.2, 0.25) is 0 Å². The summed E-state index contributed by atoms with van der Waals surface area (Å²) in [6.45, 7) is 0. The molecular formula is C7H4F6N2. The lowest BCUT2D eigenvalue weighted by atomic mass is 10.1. The smallest absolute Gasteiger partial charge is 0.397 e. The number of hydrogen-bond acceptors (Lipinski definition) is 2. The Kier molecular flexibility index (Phi) is 2.54. The summed E-state index contributed by atoms with van der Waals surface area (Å²) >= 11 is 0. The molecule has 0 saturated carbocycles. The third-order valence-electron chi connectivity index (χ3n) is 1.56. The molecule has 0 aromatic carbocycles. The molecule has 0 amide bonds. The van der Waals surface area contributed by atoms with E-state index >= 15 is 0 Å². The fourth-order valence-electron chi connectivity index (χ4n) is 1.01. The summed E-state index contributed by atoms with van der Waals surface area (Å²) in [4.78, 5) is 2.98. The Morgan fingerprint density at radius 3 is 1.80 bits per heavy atom. The van der Waals surface area contributed by atoms with E-state index in [1.807, 2.05) is 0 Å². The van der Waals surface area contributed by atoms with Crippen molar-refractivity contribution >= 4 is 5.69 Å². The fraction of sp³-hybridized carbons (Fsp3) is 0.286. The van der Waals surface area contributed by atoms with Gasteiger partial charge in [-0.3, -0.25) is 4.98 Å². The summed E-state index contributed by atoms with van der Waals surface area (Å²) in [5.41, 5.74) is -0.000231. The van der Waals surface area contributed by atoms with Crippen molar-refractivity contribution in [1.29, 1.82) is 0 Å². The highest BCUT2D eigenvalue weighted by molar-refractivity contribution is 5.51. The molecule has 84 valence electrons. The summed E-state index contributed by atoms with van der Waals surface area (Å²) in [5, 5.41) is 0. The average molecular weight is 230 g/mol. The molecule has 0 saturated heterocycles. The molecule has 0 atom stereocenters. The van der Waals surface area contributed by atoms with E-state index in [1.54, 1.807) is 0 Å². The van der Waals surface area contributed by atoms with Crippen molar-refractivity contribution in [1.82, 2.24) is 4.98 Å². The third kappa shape index (κ3) is 2.31. The first-order valence-electron chi connectivity index (χ1n) is 3.52. The number of halogens is 6. The molecule has 8 heteroatoms. The molecule has 0 bridgehead atoms. The Bertz CT molecular complexity index is 367. The number of pyridine rings is 1. The molecule has 2 nitrogen and oxygen atoms in total. The van der Waals surface area contributed by atoms with E-state index < -0.39 is 29.2 Å². The number of nitrogens with two attached hydrogens (primary N) is 1. The van der Waals surface area contributed by atoms with Crippen LogP contribution in [-0.4, -0.2) is 4.98 Å². The van der Waals surface area contributed by atoms with Crippen molar-refractivity contribution in [2.45, 2.75) is 12.4 Å². The first kappa shape index (κ1) is 11.6. The predicted molar refractivity (Wildman–Crippen MR) is 38.7 cm³/mol. The Morgan fingerprint density at radius 1 is 0.933 bits per heavy atom. The standard InChI is InChI=1S/C7H4F6N2/c8-6(9,10)3-1-15-2-4(14)5(3)7(11,12)13/h1-2H,14H2. The molecule has 0 aliphatic heterocycles. The lowest BCUT2D eigenvalue weighted by Crippen LogP contribution is -2.19. The van der Waals surface area contributed by atoms with Crippen molar-refractivity contribution in [2.75, 3.05) is 5.73 Å². The molecule has 0 aliphatic carbocycles. The minimum absolute atomic E-state index is 0.0964. The zero-order valence-corrected chi connectivity index (χ0v) is 6.95. The van der Waals surface area contributed by atoms with Crippen LogP contribution in [0.3, 0.4) is 0 Å². The van der Waals surface area contributed by atoms with E-state index in [9.17, 15) is 26.3 Å². The highest BCUT2D eigenvalue weighted by Gasteiger charge is 2.44. The van der Waals surface area contributed by atoms with Crippen LogP contribution in [0.15, 0.2) is 12.4 Å². The topological polar surface area (TPSA) is 38.9 Å². The van der Waals surface area contributed by atoms with Gasteiger partial charge in [-0.15, -0.1) is 0 Å². The van der Waals surface area contributed by atoms with Gasteiger partial charge in [-0.2, -0.15) is 26.3 Å². The maximum atomic E-state index is 12.2. The zero-order chi connectivity index (χ0) is 11.9. The van der Waals surface area contributed by atoms with Crippen LogP contribution in [0.2, 0.25) is 0 Å². The van der Waals surface area contributed by atoms with Gasteiger partial charge >= 0.3 is 12.4 Å². The Balaban J connectivity index is 3.48. The summed E-state index contributed by atoms with van der Waals surface area (Å²) in [6, 6.07) is 0. The van der Waals surface area contributed by atoms with E-state index in [2.05, 4.69) is 4.98 Å². The zero-order valence-electron chi connectivity index (χ0n) is 6.95. The molecule has 0 aliphatic rings. The molecule has 2 N–H and O–H groups in total. The van der Waals surface area contributed by atoms with E-state index in [1.165, 1.54) is 0 Å².